The van der Waals surface area contributed by atoms with E-state index in [-0.39, 0.29) is 94.4 Å². The molecule has 5 amide bonds. The van der Waals surface area contributed by atoms with Gasteiger partial charge in [0.2, 0.25) is 0 Å². The average Bonchev–Trinajstić information content (AvgIpc) is 0.949. The van der Waals surface area contributed by atoms with Gasteiger partial charge in [0.1, 0.15) is 95.7 Å². The summed E-state index contributed by atoms with van der Waals surface area (Å²) in [7, 11) is 0. The predicted octanol–water partition coefficient (Wildman–Crippen LogP) is 7.75. The number of aromatic amines is 5. The highest BCUT2D eigenvalue weighted by Crippen LogP contribution is 2.35. The van der Waals surface area contributed by atoms with Gasteiger partial charge >= 0.3 is 29.5 Å². The second-order valence-corrected chi connectivity index (χ2v) is 23.5. The summed E-state index contributed by atoms with van der Waals surface area (Å²) in [5.74, 6) is -23.3. The molecular formula is C80H100N30O5. The molecule has 10 aromatic heterocycles. The minimum atomic E-state index is -3.95. The van der Waals surface area contributed by atoms with Crippen molar-refractivity contribution >= 4 is 114 Å². The molecule has 5 aliphatic rings. The molecule has 115 heavy (non-hydrogen) atoms. The Morgan fingerprint density at radius 2 is 0.652 bits per heavy atom. The maximum Gasteiger partial charge on any atom is 0.302 e. The smallest absolute Gasteiger partial charge is 0.302 e. The molecule has 0 aliphatic carbocycles. The van der Waals surface area contributed by atoms with Gasteiger partial charge in [-0.3, -0.25) is 24.0 Å². The maximum atomic E-state index is 12.8. The van der Waals surface area contributed by atoms with Crippen LogP contribution in [0.3, 0.4) is 0 Å². The fraction of sp³-hybridized carbons (Fsp3) is 0.500. The second kappa shape index (κ2) is 38.4. The van der Waals surface area contributed by atoms with E-state index in [1.807, 2.05) is 0 Å². The van der Waals surface area contributed by atoms with Gasteiger partial charge in [-0.1, -0.05) is 34.5 Å². The van der Waals surface area contributed by atoms with Crippen molar-refractivity contribution < 1.29 is 105 Å². The van der Waals surface area contributed by atoms with Gasteiger partial charge in [0, 0.05) is 190 Å². The van der Waals surface area contributed by atoms with Crippen molar-refractivity contribution in [3.8, 4) is 0 Å². The van der Waals surface area contributed by atoms with Gasteiger partial charge in [-0.05, 0) is 91.7 Å². The van der Waals surface area contributed by atoms with Crippen LogP contribution in [0, 0.1) is 62.4 Å². The normalized spacial score (nSPS) is 38.0. The van der Waals surface area contributed by atoms with Crippen LogP contribution in [0.5, 0.6) is 0 Å². The molecule has 10 aromatic rings. The van der Waals surface area contributed by atoms with E-state index in [0.29, 0.717) is 9.80 Å². The molecule has 5 fully saturated rings. The minimum Gasteiger partial charge on any atom is -0.354 e. The Morgan fingerprint density at radius 3 is 0.974 bits per heavy atom. The summed E-state index contributed by atoms with van der Waals surface area (Å²) in [5.41, 5.74) is -0.0741. The molecular weight excluding hydrogens is 1460 g/mol. The summed E-state index contributed by atoms with van der Waals surface area (Å²) in [4.78, 5) is 129. The fourth-order valence-electron chi connectivity index (χ4n) is 10.4. The van der Waals surface area contributed by atoms with E-state index in [2.05, 4.69) is 99.0 Å². The number of hydrogen-bond donors (Lipinski definition) is 5. The third kappa shape index (κ3) is 19.2. The van der Waals surface area contributed by atoms with Crippen molar-refractivity contribution in [2.24, 2.45) is 29.5 Å². The van der Waals surface area contributed by atoms with E-state index >= 15 is 0 Å². The third-order valence-electron chi connectivity index (χ3n) is 16.1. The molecule has 10 atom stereocenters. The first-order valence-corrected chi connectivity index (χ1v) is 32.9. The summed E-state index contributed by atoms with van der Waals surface area (Å²) in [6.07, 6.45) is -13.7. The van der Waals surface area contributed by atoms with Crippen LogP contribution in [-0.4, -0.2) is 292 Å². The standard InChI is InChI=1S/5C16H20N6O/c5*1-11-5-7-22(14(23)8-17-2)9-13(11)21(3)16-12-4-6-18-15(12)19-10-20-16/h5*4,6,10-11,13H,5,7-9H2,1,3H3,(H,18,19,20)/t5*11-,13+/m11111/s1/i1D3,3D3,5D2,7D2,9D2,10D,11D;3D3,5D2,7D2,9D2,10D,13D;3D3,5D2,7D2,9D2,10D,11D;1D3,3D3,5D2,7D2,9D2,10D;3D3,5D2,7D2,9D2,10D. The first-order valence-electron chi connectivity index (χ1n) is 62.4. The number of H-pyrrole nitrogens is 5. The van der Waals surface area contributed by atoms with Crippen LogP contribution in [0.4, 0.5) is 29.1 Å². The average molecular weight is 1620 g/mol. The van der Waals surface area contributed by atoms with Crippen LogP contribution >= 0.6 is 0 Å². The molecule has 0 spiro atoms. The minimum absolute atomic E-state index is 0.00356. The van der Waals surface area contributed by atoms with Gasteiger partial charge < -0.3 is 98.1 Å². The van der Waals surface area contributed by atoms with E-state index in [1.54, 1.807) is 0 Å². The van der Waals surface area contributed by atoms with Gasteiger partial charge in [0.05, 0.1) is 72.2 Å². The third-order valence-corrected chi connectivity index (χ3v) is 16.1. The van der Waals surface area contributed by atoms with E-state index < -0.39 is 328 Å². The number of carbonyl (C=O) groups is 5. The van der Waals surface area contributed by atoms with E-state index in [1.165, 1.54) is 61.3 Å². The number of amides is 5. The Morgan fingerprint density at radius 1 is 0.383 bits per heavy atom. The van der Waals surface area contributed by atoms with Gasteiger partial charge in [-0.15, -0.1) is 0 Å². The Labute approximate surface area is 751 Å². The van der Waals surface area contributed by atoms with Crippen LogP contribution in [0.2, 0.25) is 0 Å². The summed E-state index contributed by atoms with van der Waals surface area (Å²) in [6, 6.07) is -6.54. The van der Waals surface area contributed by atoms with Crippen molar-refractivity contribution in [1.82, 2.24) is 99.3 Å². The van der Waals surface area contributed by atoms with Gasteiger partial charge in [-0.2, -0.15) is 0 Å². The number of fused-ring (bicyclic) bond motifs is 5. The van der Waals surface area contributed by atoms with Crippen LogP contribution in [-0.2, 0) is 24.0 Å². The Bertz CT molecular complexity index is 8080. The number of nitrogens with one attached hydrogen (secondary N) is 5. The Hall–Kier alpha value is -13.1. The zero-order valence-electron chi connectivity index (χ0n) is 119. The van der Waals surface area contributed by atoms with Crippen molar-refractivity contribution in [3.63, 3.8) is 0 Å². The van der Waals surface area contributed by atoms with Crippen LogP contribution in [0.15, 0.2) is 92.8 Å². The molecule has 35 nitrogen and oxygen atoms in total. The second-order valence-electron chi connectivity index (χ2n) is 23.5. The number of likely N-dealkylation sites (tertiary alicyclic amines) is 5. The maximum absolute atomic E-state index is 12.8. The van der Waals surface area contributed by atoms with Gasteiger partial charge in [0.15, 0.2) is 0 Å². The molecule has 0 radical (unpaired) electrons. The summed E-state index contributed by atoms with van der Waals surface area (Å²) in [5, 5.41) is -0.125. The SMILES string of the molecule is [2H]c1nc(N(C([2H])([2H])[2H])[C@]2([2H])[C@H](C)C([2H])([2H])C([2H])([2H])N(C(=O)C[N+]#[C-])C2([2H])[2H])c2cc[nH]c2n1.[2H]c1nc(N([C@@H]2[C@H](C([2H])([2H])[2H])C([2H])([2H])C([2H])([2H])N(C(=O)C[N+]#[C-])C2([2H])[2H])C([2H])([2H])[2H])c2cc[nH]c2n1.[2H]c1nc(N([C@@H]2[C@H](C)C([2H])([2H])C([2H])([2H])N(C(=O)C[N+]#[C-])C2([2H])[2H])C([2H])([2H])[2H])c2cc[nH]c2n1.[2H]c1nc(N([C@H]2C([2H])([2H])N(C(=O)C[N+]#[C-])C([2H])([2H])C([2H])([2H])[C@@]2([2H])C([2H])([2H])[2H])C([2H])([2H])[2H])c2cc[nH]c2n1.[2H]c1nc(N([C@H]2C([2H])([2H])N(C(=O)C[N+]#[C-])C([2H])([2H])C([2H])([2H])[C@@]2([2H])C)C([2H])([2H])[2H])c2cc[nH]c2n1. The fourth-order valence-corrected chi connectivity index (χ4v) is 10.4. The van der Waals surface area contributed by atoms with E-state index in [4.69, 9.17) is 114 Å². The Kier molecular flexibility index (Phi) is 11.9. The van der Waals surface area contributed by atoms with Crippen molar-refractivity contribution in [1.29, 1.82) is 0 Å². The van der Waals surface area contributed by atoms with E-state index in [0.717, 1.165) is 20.8 Å². The lowest BCUT2D eigenvalue weighted by atomic mass is 9.92. The van der Waals surface area contributed by atoms with Crippen molar-refractivity contribution in [2.75, 3.05) is 157 Å². The quantitative estimate of drug-likeness (QED) is 0.0612. The lowest BCUT2D eigenvalue weighted by Gasteiger charge is -2.41. The number of piperidine rings is 5. The zero-order chi connectivity index (χ0) is 133. The highest BCUT2D eigenvalue weighted by atomic mass is 16.2. The molecule has 0 saturated carbocycles. The van der Waals surface area contributed by atoms with Gasteiger partial charge in [0.25, 0.3) is 32.7 Å². The molecule has 0 bridgehead atoms. The molecule has 5 aliphatic heterocycles. The van der Waals surface area contributed by atoms with Crippen molar-refractivity contribution in [2.45, 2.75) is 96.5 Å². The topological polar surface area (TPSA) is 347 Å². The van der Waals surface area contributed by atoms with Crippen LogP contribution in [0.25, 0.3) is 79.4 Å². The first-order chi connectivity index (χ1) is 78.5. The van der Waals surface area contributed by atoms with E-state index in [9.17, 15) is 24.0 Å². The number of hydrogen-bond acceptors (Lipinski definition) is 20. The highest BCUT2D eigenvalue weighted by Gasteiger charge is 2.39. The number of anilines is 5. The molecule has 5 saturated heterocycles. The number of rotatable bonds is 15. The predicted molar refractivity (Wildman–Crippen MR) is 440 cm³/mol. The lowest BCUT2D eigenvalue weighted by Crippen LogP contribution is -2.53. The number of likely N-dealkylation sites (N-methyl/N-ethyl adjacent to an activating group) is 5. The lowest BCUT2D eigenvalue weighted by molar-refractivity contribution is -0.131. The summed E-state index contributed by atoms with van der Waals surface area (Å²) >= 11 is 0. The van der Waals surface area contributed by atoms with Crippen LogP contribution in [0.1, 0.15) is 147 Å². The van der Waals surface area contributed by atoms with Crippen LogP contribution < -0.4 is 24.5 Å². The molecule has 15 rings (SSSR count). The molecule has 5 N–H and O–H groups in total. The molecule has 0 aromatic carbocycles. The molecule has 35 heteroatoms. The molecule has 15 heterocycles. The summed E-state index contributed by atoms with van der Waals surface area (Å²) in [6.45, 7) is -26.6. The zero-order valence-corrected chi connectivity index (χ0v) is 59.6. The monoisotopic (exact) mass is 1620 g/mol. The number of carbonyl (C=O) groups excluding carboxylic acids is 5. The van der Waals surface area contributed by atoms with Gasteiger partial charge in [-0.25, -0.2) is 82.7 Å². The number of aromatic nitrogens is 15. The number of nitrogens with zero attached hydrogens (tertiary/aromatic N) is 25. The highest BCUT2D eigenvalue weighted by molar-refractivity contribution is 5.91. The van der Waals surface area contributed by atoms with Crippen molar-refractivity contribution in [3.05, 3.63) is 150 Å². The largest absolute Gasteiger partial charge is 0.354 e. The molecule has 0 unspecified atom stereocenters. The summed E-state index contributed by atoms with van der Waals surface area (Å²) < 4.78 is 489. The molecule has 600 valence electrons. The Balaban J connectivity index is 0.000000203. The first kappa shape index (κ1) is 35.5.